The second kappa shape index (κ2) is 6.86. The Labute approximate surface area is 112 Å². The van der Waals surface area contributed by atoms with Crippen LogP contribution in [0.5, 0.6) is 0 Å². The van der Waals surface area contributed by atoms with Crippen molar-refractivity contribution in [2.75, 3.05) is 20.7 Å². The van der Waals surface area contributed by atoms with Gasteiger partial charge in [0.2, 0.25) is 5.91 Å². The molecular formula is C13H19N3O3. The van der Waals surface area contributed by atoms with Crippen LogP contribution in [0.3, 0.4) is 0 Å². The van der Waals surface area contributed by atoms with E-state index in [0.29, 0.717) is 12.1 Å². The standard InChI is InChI=1S/C13H19N3O3/c1-16(13(18)11(7-14)19-2)8-9-3-5-10(6-4-9)12(15)17/h3-6,11H,7-8,14H2,1-2H3,(H2,15,17). The first-order chi connectivity index (χ1) is 8.99. The molecule has 6 heteroatoms. The quantitative estimate of drug-likeness (QED) is 0.738. The second-order valence-corrected chi connectivity index (χ2v) is 4.22. The molecule has 0 aliphatic rings. The number of nitrogens with two attached hydrogens (primary N) is 2. The van der Waals surface area contributed by atoms with Gasteiger partial charge in [-0.2, -0.15) is 0 Å². The molecule has 2 amide bonds. The van der Waals surface area contributed by atoms with E-state index in [4.69, 9.17) is 16.2 Å². The lowest BCUT2D eigenvalue weighted by atomic mass is 10.1. The molecule has 104 valence electrons. The number of primary amides is 1. The summed E-state index contributed by atoms with van der Waals surface area (Å²) in [5.74, 6) is -0.650. The van der Waals surface area contributed by atoms with E-state index in [2.05, 4.69) is 0 Å². The zero-order valence-corrected chi connectivity index (χ0v) is 11.1. The molecule has 1 rings (SSSR count). The number of hydrogen-bond acceptors (Lipinski definition) is 4. The van der Waals surface area contributed by atoms with Crippen molar-refractivity contribution in [1.82, 2.24) is 4.90 Å². The van der Waals surface area contributed by atoms with Crippen LogP contribution in [0.1, 0.15) is 15.9 Å². The first-order valence-corrected chi connectivity index (χ1v) is 5.86. The predicted molar refractivity (Wildman–Crippen MR) is 71.3 cm³/mol. The van der Waals surface area contributed by atoms with E-state index in [1.165, 1.54) is 12.0 Å². The first-order valence-electron chi connectivity index (χ1n) is 5.86. The Morgan fingerprint density at radius 2 is 1.89 bits per heavy atom. The Balaban J connectivity index is 2.68. The summed E-state index contributed by atoms with van der Waals surface area (Å²) in [6, 6.07) is 6.78. The van der Waals surface area contributed by atoms with Gasteiger partial charge in [-0.05, 0) is 17.7 Å². The lowest BCUT2D eigenvalue weighted by Gasteiger charge is -2.22. The third-order valence-electron chi connectivity index (χ3n) is 2.81. The molecule has 19 heavy (non-hydrogen) atoms. The minimum atomic E-state index is -0.630. The average molecular weight is 265 g/mol. The number of hydrogen-bond donors (Lipinski definition) is 2. The van der Waals surface area contributed by atoms with Crippen LogP contribution in [0.2, 0.25) is 0 Å². The molecule has 0 saturated carbocycles. The van der Waals surface area contributed by atoms with Gasteiger partial charge in [0.05, 0.1) is 0 Å². The highest BCUT2D eigenvalue weighted by Gasteiger charge is 2.20. The number of carbonyl (C=O) groups excluding carboxylic acids is 2. The van der Waals surface area contributed by atoms with Gasteiger partial charge in [-0.25, -0.2) is 0 Å². The molecule has 0 radical (unpaired) electrons. The third kappa shape index (κ3) is 4.04. The zero-order valence-electron chi connectivity index (χ0n) is 11.1. The lowest BCUT2D eigenvalue weighted by Crippen LogP contribution is -2.41. The number of ether oxygens (including phenoxy) is 1. The van der Waals surface area contributed by atoms with Gasteiger partial charge in [-0.15, -0.1) is 0 Å². The van der Waals surface area contributed by atoms with Gasteiger partial charge in [0, 0.05) is 32.8 Å². The Morgan fingerprint density at radius 1 is 1.32 bits per heavy atom. The number of amides is 2. The maximum atomic E-state index is 11.9. The summed E-state index contributed by atoms with van der Waals surface area (Å²) < 4.78 is 4.99. The summed E-state index contributed by atoms with van der Waals surface area (Å²) in [4.78, 5) is 24.4. The minimum absolute atomic E-state index is 0.139. The molecular weight excluding hydrogens is 246 g/mol. The van der Waals surface area contributed by atoms with Crippen LogP contribution in [-0.2, 0) is 16.1 Å². The summed E-state index contributed by atoms with van der Waals surface area (Å²) in [6.45, 7) is 0.554. The predicted octanol–water partition coefficient (Wildman–Crippen LogP) is -0.282. The van der Waals surface area contributed by atoms with Crippen LogP contribution in [0.15, 0.2) is 24.3 Å². The van der Waals surface area contributed by atoms with Gasteiger partial charge in [-0.1, -0.05) is 12.1 Å². The van der Waals surface area contributed by atoms with Crippen molar-refractivity contribution in [3.05, 3.63) is 35.4 Å². The molecule has 6 nitrogen and oxygen atoms in total. The van der Waals surface area contributed by atoms with E-state index in [1.54, 1.807) is 31.3 Å². The summed E-state index contributed by atoms with van der Waals surface area (Å²) in [5, 5.41) is 0. The van der Waals surface area contributed by atoms with Crippen LogP contribution >= 0.6 is 0 Å². The maximum Gasteiger partial charge on any atom is 0.253 e. The van der Waals surface area contributed by atoms with Gasteiger partial charge in [0.25, 0.3) is 5.91 Å². The van der Waals surface area contributed by atoms with Gasteiger partial charge in [-0.3, -0.25) is 9.59 Å². The molecule has 0 fully saturated rings. The smallest absolute Gasteiger partial charge is 0.253 e. The number of methoxy groups -OCH3 is 1. The summed E-state index contributed by atoms with van der Waals surface area (Å²) >= 11 is 0. The van der Waals surface area contributed by atoms with Gasteiger partial charge in [0.1, 0.15) is 6.10 Å². The Bertz CT molecular complexity index is 441. The van der Waals surface area contributed by atoms with E-state index < -0.39 is 12.0 Å². The third-order valence-corrected chi connectivity index (χ3v) is 2.81. The van der Waals surface area contributed by atoms with Crippen molar-refractivity contribution < 1.29 is 14.3 Å². The van der Waals surface area contributed by atoms with Crippen LogP contribution in [0, 0.1) is 0 Å². The van der Waals surface area contributed by atoms with Gasteiger partial charge < -0.3 is 21.1 Å². The van der Waals surface area contributed by atoms with Crippen molar-refractivity contribution in [3.63, 3.8) is 0 Å². The Morgan fingerprint density at radius 3 is 2.32 bits per heavy atom. The highest BCUT2D eigenvalue weighted by molar-refractivity contribution is 5.92. The minimum Gasteiger partial charge on any atom is -0.370 e. The molecule has 1 unspecified atom stereocenters. The lowest BCUT2D eigenvalue weighted by molar-refractivity contribution is -0.140. The van der Waals surface area contributed by atoms with E-state index in [0.717, 1.165) is 5.56 Å². The van der Waals surface area contributed by atoms with Crippen LogP contribution in [0.4, 0.5) is 0 Å². The molecule has 0 heterocycles. The Kier molecular flexibility index (Phi) is 5.47. The zero-order chi connectivity index (χ0) is 14.4. The molecule has 1 aromatic rings. The molecule has 0 bridgehead atoms. The van der Waals surface area contributed by atoms with Crippen LogP contribution in [0.25, 0.3) is 0 Å². The van der Waals surface area contributed by atoms with E-state index in [9.17, 15) is 9.59 Å². The fourth-order valence-electron chi connectivity index (χ4n) is 1.67. The monoisotopic (exact) mass is 265 g/mol. The molecule has 0 aliphatic carbocycles. The highest BCUT2D eigenvalue weighted by Crippen LogP contribution is 2.08. The van der Waals surface area contributed by atoms with E-state index >= 15 is 0 Å². The highest BCUT2D eigenvalue weighted by atomic mass is 16.5. The SMILES string of the molecule is COC(CN)C(=O)N(C)Cc1ccc(C(N)=O)cc1. The topological polar surface area (TPSA) is 98.7 Å². The van der Waals surface area contributed by atoms with Gasteiger partial charge >= 0.3 is 0 Å². The second-order valence-electron chi connectivity index (χ2n) is 4.22. The number of likely N-dealkylation sites (N-methyl/N-ethyl adjacent to an activating group) is 1. The van der Waals surface area contributed by atoms with Crippen molar-refractivity contribution in [2.45, 2.75) is 12.6 Å². The largest absolute Gasteiger partial charge is 0.370 e. The molecule has 1 aromatic carbocycles. The summed E-state index contributed by atoms with van der Waals surface area (Å²) in [6.07, 6.45) is -0.630. The number of benzene rings is 1. The van der Waals surface area contributed by atoms with Gasteiger partial charge in [0.15, 0.2) is 0 Å². The fraction of sp³-hybridized carbons (Fsp3) is 0.385. The van der Waals surface area contributed by atoms with Crippen molar-refractivity contribution in [3.8, 4) is 0 Å². The number of carbonyl (C=O) groups is 2. The summed E-state index contributed by atoms with van der Waals surface area (Å²) in [7, 11) is 3.12. The molecule has 0 aromatic heterocycles. The molecule has 1 atom stereocenters. The first kappa shape index (κ1) is 15.1. The maximum absolute atomic E-state index is 11.9. The van der Waals surface area contributed by atoms with Crippen molar-refractivity contribution in [1.29, 1.82) is 0 Å². The van der Waals surface area contributed by atoms with E-state index in [-0.39, 0.29) is 12.5 Å². The Hall–Kier alpha value is -1.92. The molecule has 0 saturated heterocycles. The number of rotatable bonds is 6. The molecule has 4 N–H and O–H groups in total. The summed E-state index contributed by atoms with van der Waals surface area (Å²) in [5.41, 5.74) is 11.9. The van der Waals surface area contributed by atoms with Crippen molar-refractivity contribution in [2.24, 2.45) is 11.5 Å². The fourth-order valence-corrected chi connectivity index (χ4v) is 1.67. The number of nitrogens with zero attached hydrogens (tertiary/aromatic N) is 1. The van der Waals surface area contributed by atoms with E-state index in [1.807, 2.05) is 0 Å². The van der Waals surface area contributed by atoms with Crippen LogP contribution < -0.4 is 11.5 Å². The van der Waals surface area contributed by atoms with Crippen molar-refractivity contribution >= 4 is 11.8 Å². The molecule has 0 spiro atoms. The normalized spacial score (nSPS) is 11.9. The average Bonchev–Trinajstić information content (AvgIpc) is 2.40. The molecule has 0 aliphatic heterocycles. The van der Waals surface area contributed by atoms with Crippen LogP contribution in [-0.4, -0.2) is 43.5 Å².